The van der Waals surface area contributed by atoms with Crippen LogP contribution in [0, 0.1) is 5.41 Å². The molecule has 21 heavy (non-hydrogen) atoms. The van der Waals surface area contributed by atoms with Gasteiger partial charge in [-0.3, -0.25) is 0 Å². The van der Waals surface area contributed by atoms with Gasteiger partial charge < -0.3 is 9.84 Å². The number of benzene rings is 1. The molecule has 2 rings (SSSR count). The van der Waals surface area contributed by atoms with E-state index in [1.165, 1.54) is 24.3 Å². The normalized spacial score (nSPS) is 24.3. The molecule has 1 aromatic carbocycles. The highest BCUT2D eigenvalue weighted by Crippen LogP contribution is 2.43. The summed E-state index contributed by atoms with van der Waals surface area (Å²) in [5.41, 5.74) is -0.222. The number of nitrogens with one attached hydrogen (secondary N) is 1. The Hall–Kier alpha value is -1.44. The van der Waals surface area contributed by atoms with Crippen LogP contribution in [0.1, 0.15) is 30.6 Å². The molecule has 6 nitrogen and oxygen atoms in total. The summed E-state index contributed by atoms with van der Waals surface area (Å²) in [5, 5.41) is 8.82. The molecule has 116 valence electrons. The minimum Gasteiger partial charge on any atom is -0.478 e. The maximum atomic E-state index is 12.3. The summed E-state index contributed by atoms with van der Waals surface area (Å²) in [5.74, 6) is -1.09. The van der Waals surface area contributed by atoms with Gasteiger partial charge in [-0.25, -0.2) is 17.9 Å². The number of carboxylic acid groups (broad SMARTS) is 1. The fourth-order valence-electron chi connectivity index (χ4n) is 2.52. The number of ether oxygens (including phenoxy) is 1. The first-order valence-corrected chi connectivity index (χ1v) is 8.05. The fraction of sp³-hybridized carbons (Fsp3) is 0.500. The van der Waals surface area contributed by atoms with Crippen LogP contribution in [0.2, 0.25) is 0 Å². The van der Waals surface area contributed by atoms with Gasteiger partial charge in [-0.2, -0.15) is 0 Å². The van der Waals surface area contributed by atoms with Gasteiger partial charge >= 0.3 is 5.97 Å². The number of methoxy groups -OCH3 is 1. The summed E-state index contributed by atoms with van der Waals surface area (Å²) >= 11 is 0. The van der Waals surface area contributed by atoms with Crippen molar-refractivity contribution in [1.82, 2.24) is 4.72 Å². The molecule has 0 heterocycles. The molecule has 1 aliphatic rings. The van der Waals surface area contributed by atoms with Crippen LogP contribution in [-0.2, 0) is 14.8 Å². The van der Waals surface area contributed by atoms with Gasteiger partial charge in [0.05, 0.1) is 16.6 Å². The highest BCUT2D eigenvalue weighted by atomic mass is 32.2. The zero-order chi connectivity index (χ0) is 15.8. The molecule has 0 aromatic heterocycles. The van der Waals surface area contributed by atoms with Crippen molar-refractivity contribution in [3.05, 3.63) is 29.8 Å². The van der Waals surface area contributed by atoms with Crippen LogP contribution in [0.3, 0.4) is 0 Å². The largest absolute Gasteiger partial charge is 0.478 e. The first kappa shape index (κ1) is 15.9. The monoisotopic (exact) mass is 313 g/mol. The molecule has 7 heteroatoms. The van der Waals surface area contributed by atoms with Gasteiger partial charge in [-0.05, 0) is 30.7 Å². The molecule has 0 saturated heterocycles. The molecule has 0 spiro atoms. The molecule has 1 saturated carbocycles. The van der Waals surface area contributed by atoms with Crippen molar-refractivity contribution in [1.29, 1.82) is 0 Å². The number of aromatic carboxylic acids is 1. The lowest BCUT2D eigenvalue weighted by Crippen LogP contribution is -2.61. The minimum absolute atomic E-state index is 0.0274. The second kappa shape index (κ2) is 5.40. The van der Waals surface area contributed by atoms with Gasteiger partial charge in [0, 0.05) is 18.6 Å². The molecule has 0 radical (unpaired) electrons. The quantitative estimate of drug-likeness (QED) is 0.859. The van der Waals surface area contributed by atoms with E-state index in [1.54, 1.807) is 7.11 Å². The maximum Gasteiger partial charge on any atom is 0.335 e. The van der Waals surface area contributed by atoms with Crippen molar-refractivity contribution < 1.29 is 23.1 Å². The topological polar surface area (TPSA) is 92.7 Å². The molecule has 0 bridgehead atoms. The van der Waals surface area contributed by atoms with E-state index in [-0.39, 0.29) is 28.0 Å². The first-order valence-electron chi connectivity index (χ1n) is 6.57. The minimum atomic E-state index is -3.66. The van der Waals surface area contributed by atoms with Crippen molar-refractivity contribution in [2.45, 2.75) is 37.3 Å². The lowest BCUT2D eigenvalue weighted by atomic mass is 9.65. The van der Waals surface area contributed by atoms with Gasteiger partial charge in [-0.1, -0.05) is 13.8 Å². The average Bonchev–Trinajstić information content (AvgIpc) is 2.43. The highest BCUT2D eigenvalue weighted by molar-refractivity contribution is 7.89. The molecule has 0 amide bonds. The predicted molar refractivity (Wildman–Crippen MR) is 76.7 cm³/mol. The zero-order valence-corrected chi connectivity index (χ0v) is 13.0. The van der Waals surface area contributed by atoms with Crippen LogP contribution in [0.5, 0.6) is 0 Å². The molecular weight excluding hydrogens is 294 g/mol. The van der Waals surface area contributed by atoms with Crippen molar-refractivity contribution in [3.8, 4) is 0 Å². The SMILES string of the molecule is COC1CC(NS(=O)(=O)c2ccc(C(=O)O)cc2)C1(C)C. The van der Waals surface area contributed by atoms with Crippen LogP contribution in [-0.4, -0.2) is 38.7 Å². The number of hydrogen-bond donors (Lipinski definition) is 2. The Morgan fingerprint density at radius 2 is 1.90 bits per heavy atom. The van der Waals surface area contributed by atoms with E-state index in [0.717, 1.165) is 0 Å². The lowest BCUT2D eigenvalue weighted by molar-refractivity contribution is -0.0908. The van der Waals surface area contributed by atoms with Crippen molar-refractivity contribution >= 4 is 16.0 Å². The summed E-state index contributed by atoms with van der Waals surface area (Å²) in [6.45, 7) is 3.90. The third-order valence-corrected chi connectivity index (χ3v) is 5.66. The molecule has 2 N–H and O–H groups in total. The third kappa shape index (κ3) is 2.95. The fourth-order valence-corrected chi connectivity index (χ4v) is 3.92. The number of carbonyl (C=O) groups is 1. The molecular formula is C14H19NO5S. The van der Waals surface area contributed by atoms with E-state index in [2.05, 4.69) is 4.72 Å². The van der Waals surface area contributed by atoms with Crippen molar-refractivity contribution in [2.24, 2.45) is 5.41 Å². The van der Waals surface area contributed by atoms with Crippen LogP contribution in [0.4, 0.5) is 0 Å². The van der Waals surface area contributed by atoms with E-state index in [9.17, 15) is 13.2 Å². The standard InChI is InChI=1S/C14H19NO5S/c1-14(2)11(8-12(14)20-3)15-21(18,19)10-6-4-9(5-7-10)13(16)17/h4-7,11-12,15H,8H2,1-3H3,(H,16,17). The Labute approximate surface area is 124 Å². The van der Waals surface area contributed by atoms with E-state index in [4.69, 9.17) is 9.84 Å². The molecule has 1 fully saturated rings. The van der Waals surface area contributed by atoms with Gasteiger partial charge in [-0.15, -0.1) is 0 Å². The Kier molecular flexibility index (Phi) is 4.10. The van der Waals surface area contributed by atoms with E-state index < -0.39 is 16.0 Å². The molecule has 1 aromatic rings. The second-order valence-corrected chi connectivity index (χ2v) is 7.50. The van der Waals surface area contributed by atoms with Crippen molar-refractivity contribution in [3.63, 3.8) is 0 Å². The van der Waals surface area contributed by atoms with E-state index in [1.807, 2.05) is 13.8 Å². The third-order valence-electron chi connectivity index (χ3n) is 4.17. The summed E-state index contributed by atoms with van der Waals surface area (Å²) < 4.78 is 32.6. The van der Waals surface area contributed by atoms with Gasteiger partial charge in [0.15, 0.2) is 0 Å². The molecule has 1 aliphatic carbocycles. The molecule has 2 atom stereocenters. The number of hydrogen-bond acceptors (Lipinski definition) is 4. The van der Waals surface area contributed by atoms with Crippen LogP contribution < -0.4 is 4.72 Å². The molecule has 2 unspecified atom stereocenters. The Bertz CT molecular complexity index is 636. The number of rotatable bonds is 5. The predicted octanol–water partition coefficient (Wildman–Crippen LogP) is 1.48. The average molecular weight is 313 g/mol. The van der Waals surface area contributed by atoms with E-state index >= 15 is 0 Å². The zero-order valence-electron chi connectivity index (χ0n) is 12.2. The first-order chi connectivity index (χ1) is 9.68. The smallest absolute Gasteiger partial charge is 0.335 e. The lowest BCUT2D eigenvalue weighted by Gasteiger charge is -2.50. The van der Waals surface area contributed by atoms with E-state index in [0.29, 0.717) is 6.42 Å². The van der Waals surface area contributed by atoms with Crippen LogP contribution in [0.25, 0.3) is 0 Å². The maximum absolute atomic E-state index is 12.3. The summed E-state index contributed by atoms with van der Waals surface area (Å²) in [6.07, 6.45) is 0.648. The van der Waals surface area contributed by atoms with Crippen LogP contribution in [0.15, 0.2) is 29.2 Å². The van der Waals surface area contributed by atoms with Crippen molar-refractivity contribution in [2.75, 3.05) is 7.11 Å². The highest BCUT2D eigenvalue weighted by Gasteiger charge is 2.50. The van der Waals surface area contributed by atoms with Gasteiger partial charge in [0.25, 0.3) is 0 Å². The van der Waals surface area contributed by atoms with Crippen LogP contribution >= 0.6 is 0 Å². The molecule has 0 aliphatic heterocycles. The summed E-state index contributed by atoms with van der Waals surface area (Å²) in [6, 6.07) is 4.95. The summed E-state index contributed by atoms with van der Waals surface area (Å²) in [4.78, 5) is 10.8. The Morgan fingerprint density at radius 3 is 2.33 bits per heavy atom. The Balaban J connectivity index is 2.14. The van der Waals surface area contributed by atoms with Gasteiger partial charge in [0.1, 0.15) is 0 Å². The summed E-state index contributed by atoms with van der Waals surface area (Å²) in [7, 11) is -2.05. The van der Waals surface area contributed by atoms with Gasteiger partial charge in [0.2, 0.25) is 10.0 Å². The number of carboxylic acids is 1. The second-order valence-electron chi connectivity index (χ2n) is 5.78. The Morgan fingerprint density at radius 1 is 1.33 bits per heavy atom. The number of sulfonamides is 1.